The van der Waals surface area contributed by atoms with E-state index in [0.717, 1.165) is 17.7 Å². The van der Waals surface area contributed by atoms with Crippen LogP contribution in [0.5, 0.6) is 0 Å². The van der Waals surface area contributed by atoms with Crippen LogP contribution in [0.25, 0.3) is 22.0 Å². The average molecular weight is 370 g/mol. The Kier molecular flexibility index (Phi) is 3.80. The van der Waals surface area contributed by atoms with Gasteiger partial charge in [-0.05, 0) is 18.9 Å². The number of rotatable bonds is 1. The van der Waals surface area contributed by atoms with Crippen LogP contribution in [0.15, 0.2) is 21.3 Å². The Morgan fingerprint density at radius 3 is 2.58 bits per heavy atom. The third-order valence-corrected chi connectivity index (χ3v) is 4.69. The largest absolute Gasteiger partial charge is 0.458 e. The molecule has 1 aliphatic rings. The van der Waals surface area contributed by atoms with Crippen molar-refractivity contribution in [3.63, 3.8) is 0 Å². The molecule has 0 spiro atoms. The lowest BCUT2D eigenvalue weighted by Gasteiger charge is -2.21. The molecule has 26 heavy (non-hydrogen) atoms. The van der Waals surface area contributed by atoms with E-state index < -0.39 is 28.8 Å². The van der Waals surface area contributed by atoms with E-state index in [-0.39, 0.29) is 22.4 Å². The average Bonchev–Trinajstić information content (AvgIpc) is 2.95. The zero-order valence-electron chi connectivity index (χ0n) is 13.7. The fraction of sp³-hybridized carbons (Fsp3) is 0.412. The standard InChI is InChI=1S/C17H14F4N2O3/c1-23-14-13(22-16(23)17(19,20)21)10(18)6-9-11(24)7-12(26-15(9)14)8-2-4-25-5-3-8/h6-8H,2-5H2,1H3. The molecule has 1 fully saturated rings. The smallest absolute Gasteiger partial charge is 0.449 e. The number of alkyl halides is 3. The summed E-state index contributed by atoms with van der Waals surface area (Å²) in [5.74, 6) is -1.95. The number of hydrogen-bond acceptors (Lipinski definition) is 4. The quantitative estimate of drug-likeness (QED) is 0.613. The summed E-state index contributed by atoms with van der Waals surface area (Å²) in [6.07, 6.45) is -3.49. The normalized spacial score (nSPS) is 16.7. The Bertz CT molecular complexity index is 1060. The molecular weight excluding hydrogens is 356 g/mol. The van der Waals surface area contributed by atoms with Crippen LogP contribution in [-0.4, -0.2) is 22.8 Å². The molecule has 3 heterocycles. The zero-order valence-corrected chi connectivity index (χ0v) is 13.7. The Labute approximate surface area is 144 Å². The van der Waals surface area contributed by atoms with E-state index in [0.29, 0.717) is 31.8 Å². The van der Waals surface area contributed by atoms with Gasteiger partial charge in [0.25, 0.3) is 0 Å². The lowest BCUT2D eigenvalue weighted by atomic mass is 9.96. The Balaban J connectivity index is 2.05. The number of hydrogen-bond donors (Lipinski definition) is 0. The Hall–Kier alpha value is -2.42. The molecule has 138 valence electrons. The highest BCUT2D eigenvalue weighted by molar-refractivity contribution is 6.01. The van der Waals surface area contributed by atoms with Gasteiger partial charge in [-0.25, -0.2) is 9.37 Å². The number of imidazole rings is 1. The van der Waals surface area contributed by atoms with E-state index in [4.69, 9.17) is 9.15 Å². The van der Waals surface area contributed by atoms with Crippen molar-refractivity contribution < 1.29 is 26.7 Å². The molecule has 1 aromatic carbocycles. The molecule has 5 nitrogen and oxygen atoms in total. The lowest BCUT2D eigenvalue weighted by Crippen LogP contribution is -2.16. The number of fused-ring (bicyclic) bond motifs is 3. The third-order valence-electron chi connectivity index (χ3n) is 4.69. The summed E-state index contributed by atoms with van der Waals surface area (Å²) >= 11 is 0. The number of aryl methyl sites for hydroxylation is 1. The summed E-state index contributed by atoms with van der Waals surface area (Å²) < 4.78 is 65.6. The number of benzene rings is 1. The first-order valence-corrected chi connectivity index (χ1v) is 8.05. The van der Waals surface area contributed by atoms with Gasteiger partial charge in [-0.2, -0.15) is 13.2 Å². The summed E-state index contributed by atoms with van der Waals surface area (Å²) in [7, 11) is 1.12. The first-order chi connectivity index (χ1) is 12.3. The summed E-state index contributed by atoms with van der Waals surface area (Å²) in [5, 5.41) is -0.109. The predicted octanol–water partition coefficient (Wildman–Crippen LogP) is 3.73. The lowest BCUT2D eigenvalue weighted by molar-refractivity contribution is -0.146. The van der Waals surface area contributed by atoms with Gasteiger partial charge in [0.1, 0.15) is 16.8 Å². The Morgan fingerprint density at radius 1 is 1.23 bits per heavy atom. The van der Waals surface area contributed by atoms with E-state index in [2.05, 4.69) is 4.98 Å². The molecular formula is C17H14F4N2O3. The fourth-order valence-corrected chi connectivity index (χ4v) is 3.39. The Morgan fingerprint density at radius 2 is 1.92 bits per heavy atom. The summed E-state index contributed by atoms with van der Waals surface area (Å²) in [4.78, 5) is 15.8. The summed E-state index contributed by atoms with van der Waals surface area (Å²) in [5.41, 5.74) is -1.23. The number of aromatic nitrogens is 2. The van der Waals surface area contributed by atoms with Crippen molar-refractivity contribution in [2.45, 2.75) is 24.9 Å². The van der Waals surface area contributed by atoms with Gasteiger partial charge in [-0.3, -0.25) is 4.79 Å². The second-order valence-electron chi connectivity index (χ2n) is 6.32. The topological polar surface area (TPSA) is 57.3 Å². The van der Waals surface area contributed by atoms with E-state index in [1.807, 2.05) is 0 Å². The molecule has 1 aliphatic heterocycles. The van der Waals surface area contributed by atoms with Crippen molar-refractivity contribution in [3.05, 3.63) is 39.8 Å². The van der Waals surface area contributed by atoms with Crippen LogP contribution in [0.3, 0.4) is 0 Å². The van der Waals surface area contributed by atoms with Gasteiger partial charge < -0.3 is 13.7 Å². The van der Waals surface area contributed by atoms with Crippen molar-refractivity contribution in [2.24, 2.45) is 7.05 Å². The molecule has 0 atom stereocenters. The van der Waals surface area contributed by atoms with Crippen LogP contribution < -0.4 is 5.43 Å². The summed E-state index contributed by atoms with van der Waals surface area (Å²) in [6, 6.07) is 2.16. The van der Waals surface area contributed by atoms with Crippen LogP contribution in [0.4, 0.5) is 17.6 Å². The van der Waals surface area contributed by atoms with Gasteiger partial charge in [-0.1, -0.05) is 0 Å². The van der Waals surface area contributed by atoms with Gasteiger partial charge >= 0.3 is 6.18 Å². The molecule has 0 unspecified atom stereocenters. The number of halogens is 4. The highest BCUT2D eigenvalue weighted by atomic mass is 19.4. The first-order valence-electron chi connectivity index (χ1n) is 8.05. The molecule has 9 heteroatoms. The molecule has 0 radical (unpaired) electrons. The maximum Gasteiger partial charge on any atom is 0.449 e. The second kappa shape index (κ2) is 5.80. The van der Waals surface area contributed by atoms with Crippen molar-refractivity contribution in [1.29, 1.82) is 0 Å². The van der Waals surface area contributed by atoms with Gasteiger partial charge in [0.15, 0.2) is 16.8 Å². The highest BCUT2D eigenvalue weighted by Gasteiger charge is 2.38. The molecule has 0 aliphatic carbocycles. The fourth-order valence-electron chi connectivity index (χ4n) is 3.39. The zero-order chi connectivity index (χ0) is 18.6. The SMILES string of the molecule is Cn1c(C(F)(F)F)nc2c(F)cc3c(=O)cc(C4CCOCC4)oc3c21. The van der Waals surface area contributed by atoms with E-state index in [1.165, 1.54) is 6.07 Å². The van der Waals surface area contributed by atoms with Crippen molar-refractivity contribution in [1.82, 2.24) is 9.55 Å². The molecule has 4 rings (SSSR count). The molecule has 2 aromatic heterocycles. The van der Waals surface area contributed by atoms with E-state index in [1.54, 1.807) is 0 Å². The third kappa shape index (κ3) is 2.57. The van der Waals surface area contributed by atoms with E-state index >= 15 is 0 Å². The van der Waals surface area contributed by atoms with Gasteiger partial charge in [0, 0.05) is 32.2 Å². The van der Waals surface area contributed by atoms with Crippen molar-refractivity contribution in [2.75, 3.05) is 13.2 Å². The van der Waals surface area contributed by atoms with Gasteiger partial charge in [-0.15, -0.1) is 0 Å². The molecule has 0 amide bonds. The molecule has 3 aromatic rings. The minimum Gasteiger partial charge on any atom is -0.458 e. The molecule has 1 saturated heterocycles. The number of nitrogens with zero attached hydrogens (tertiary/aromatic N) is 2. The van der Waals surface area contributed by atoms with Crippen LogP contribution in [0.2, 0.25) is 0 Å². The van der Waals surface area contributed by atoms with Crippen LogP contribution in [0, 0.1) is 5.82 Å². The summed E-state index contributed by atoms with van der Waals surface area (Å²) in [6.45, 7) is 1.02. The van der Waals surface area contributed by atoms with Crippen molar-refractivity contribution in [3.8, 4) is 0 Å². The van der Waals surface area contributed by atoms with Crippen molar-refractivity contribution >= 4 is 22.0 Å². The molecule has 0 bridgehead atoms. The maximum atomic E-state index is 14.3. The minimum atomic E-state index is -4.76. The van der Waals surface area contributed by atoms with Crippen LogP contribution >= 0.6 is 0 Å². The highest BCUT2D eigenvalue weighted by Crippen LogP contribution is 2.35. The van der Waals surface area contributed by atoms with Crippen LogP contribution in [-0.2, 0) is 18.0 Å². The van der Waals surface area contributed by atoms with Gasteiger partial charge in [0.05, 0.1) is 5.39 Å². The maximum absolute atomic E-state index is 14.3. The molecule has 0 N–H and O–H groups in total. The van der Waals surface area contributed by atoms with Crippen LogP contribution in [0.1, 0.15) is 30.3 Å². The number of ether oxygens (including phenoxy) is 1. The minimum absolute atomic E-state index is 0.0729. The molecule has 0 saturated carbocycles. The first kappa shape index (κ1) is 17.0. The second-order valence-corrected chi connectivity index (χ2v) is 6.32. The van der Waals surface area contributed by atoms with Gasteiger partial charge in [0.2, 0.25) is 5.82 Å². The predicted molar refractivity (Wildman–Crippen MR) is 84.5 cm³/mol. The van der Waals surface area contributed by atoms with E-state index in [9.17, 15) is 22.4 Å². The monoisotopic (exact) mass is 370 g/mol.